The van der Waals surface area contributed by atoms with Crippen LogP contribution in [0.4, 0.5) is 5.69 Å². The maximum atomic E-state index is 11.6. The van der Waals surface area contributed by atoms with Crippen LogP contribution in [0.1, 0.15) is 30.4 Å². The highest BCUT2D eigenvalue weighted by atomic mass is 79.9. The molecule has 2 aliphatic heterocycles. The molecule has 0 spiro atoms. The molecule has 1 atom stereocenters. The van der Waals surface area contributed by atoms with Gasteiger partial charge in [0, 0.05) is 17.0 Å². The van der Waals surface area contributed by atoms with Gasteiger partial charge in [0.2, 0.25) is 0 Å². The summed E-state index contributed by atoms with van der Waals surface area (Å²) in [5.41, 5.74) is 2.30. The van der Waals surface area contributed by atoms with Crippen molar-refractivity contribution in [3.05, 3.63) is 64.7 Å². The molecule has 0 bridgehead atoms. The molecule has 4 rings (SSSR count). The molecule has 25 heavy (non-hydrogen) atoms. The Hall–Kier alpha value is -1.36. The van der Waals surface area contributed by atoms with Crippen molar-refractivity contribution in [3.63, 3.8) is 0 Å². The highest BCUT2D eigenvalue weighted by Crippen LogP contribution is 2.36. The van der Waals surface area contributed by atoms with Gasteiger partial charge < -0.3 is 22.1 Å². The fraction of sp³-hybridized carbons (Fsp3) is 0.350. The number of benzene rings is 2. The van der Waals surface area contributed by atoms with E-state index in [0.717, 1.165) is 30.6 Å². The predicted molar refractivity (Wildman–Crippen MR) is 97.9 cm³/mol. The summed E-state index contributed by atoms with van der Waals surface area (Å²) in [5, 5.41) is 12.2. The molecule has 132 valence electrons. The van der Waals surface area contributed by atoms with Crippen molar-refractivity contribution in [3.8, 4) is 0 Å². The average Bonchev–Trinajstić information content (AvgIpc) is 2.91. The van der Waals surface area contributed by atoms with E-state index in [2.05, 4.69) is 40.7 Å². The fourth-order valence-electron chi connectivity index (χ4n) is 3.82. The quantitative estimate of drug-likeness (QED) is 0.730. The van der Waals surface area contributed by atoms with Crippen molar-refractivity contribution in [2.24, 2.45) is 0 Å². The van der Waals surface area contributed by atoms with Gasteiger partial charge >= 0.3 is 0 Å². The van der Waals surface area contributed by atoms with Crippen LogP contribution in [0, 0.1) is 6.92 Å². The molecule has 2 aliphatic rings. The normalized spacial score (nSPS) is 22.6. The van der Waals surface area contributed by atoms with Crippen LogP contribution in [0.15, 0.2) is 48.5 Å². The zero-order valence-corrected chi connectivity index (χ0v) is 16.6. The summed E-state index contributed by atoms with van der Waals surface area (Å²) in [6, 6.07) is 16.1. The minimum absolute atomic E-state index is 0. The third kappa shape index (κ3) is 3.23. The molecule has 1 unspecified atom stereocenters. The summed E-state index contributed by atoms with van der Waals surface area (Å²) in [6.07, 6.45) is 3.29. The summed E-state index contributed by atoms with van der Waals surface area (Å²) >= 11 is 6.03. The second kappa shape index (κ2) is 7.10. The number of anilines is 1. The molecule has 3 nitrogen and oxygen atoms in total. The third-order valence-electron chi connectivity index (χ3n) is 5.13. The molecule has 0 saturated heterocycles. The Morgan fingerprint density at radius 1 is 1.04 bits per heavy atom. The maximum Gasteiger partial charge on any atom is 0.271 e. The Bertz CT molecular complexity index is 788. The number of hydrogen-bond donors (Lipinski definition) is 1. The number of amidine groups is 1. The van der Waals surface area contributed by atoms with E-state index in [4.69, 9.17) is 11.6 Å². The molecule has 0 amide bonds. The number of aryl methyl sites for hydroxylation is 1. The molecular formula is C20H22BrClN2O. The highest BCUT2D eigenvalue weighted by Gasteiger charge is 2.52. The molecule has 1 N–H and O–H groups in total. The number of hydrogen-bond acceptors (Lipinski definition) is 2. The Kier molecular flexibility index (Phi) is 5.24. The molecule has 0 fully saturated rings. The van der Waals surface area contributed by atoms with Crippen molar-refractivity contribution in [1.82, 2.24) is 0 Å². The molecule has 2 aromatic rings. The van der Waals surface area contributed by atoms with Gasteiger partial charge in [-0.3, -0.25) is 0 Å². The molecule has 0 radical (unpaired) electrons. The Balaban J connectivity index is 0.00000182. The predicted octanol–water partition coefficient (Wildman–Crippen LogP) is 0.913. The van der Waals surface area contributed by atoms with Crippen LogP contribution < -0.4 is 21.9 Å². The maximum absolute atomic E-state index is 11.6. The number of β-amino-alcohol motifs (C(OH)–C–C–N with tert-alkyl or cyclic N) is 1. The number of rotatable bonds is 2. The van der Waals surface area contributed by atoms with Crippen molar-refractivity contribution < 1.29 is 26.7 Å². The minimum Gasteiger partial charge on any atom is -1.00 e. The molecule has 0 saturated carbocycles. The van der Waals surface area contributed by atoms with Gasteiger partial charge in [0.25, 0.3) is 11.6 Å². The van der Waals surface area contributed by atoms with E-state index in [-0.39, 0.29) is 17.0 Å². The lowest BCUT2D eigenvalue weighted by Gasteiger charge is -2.24. The van der Waals surface area contributed by atoms with Crippen LogP contribution in [-0.4, -0.2) is 28.6 Å². The molecule has 5 heteroatoms. The summed E-state index contributed by atoms with van der Waals surface area (Å²) in [5.74, 6) is 1.22. The Morgan fingerprint density at radius 3 is 2.40 bits per heavy atom. The molecule has 0 aliphatic carbocycles. The first-order chi connectivity index (χ1) is 11.6. The van der Waals surface area contributed by atoms with E-state index in [1.807, 2.05) is 24.3 Å². The van der Waals surface area contributed by atoms with E-state index in [1.54, 1.807) is 0 Å². The average molecular weight is 422 g/mol. The summed E-state index contributed by atoms with van der Waals surface area (Å²) in [4.78, 5) is 2.27. The van der Waals surface area contributed by atoms with Crippen LogP contribution in [0.5, 0.6) is 0 Å². The van der Waals surface area contributed by atoms with Gasteiger partial charge in [0.05, 0.1) is 6.54 Å². The highest BCUT2D eigenvalue weighted by molar-refractivity contribution is 6.30. The lowest BCUT2D eigenvalue weighted by Crippen LogP contribution is -3.00. The molecule has 2 heterocycles. The Morgan fingerprint density at radius 2 is 1.72 bits per heavy atom. The van der Waals surface area contributed by atoms with E-state index in [0.29, 0.717) is 11.6 Å². The summed E-state index contributed by atoms with van der Waals surface area (Å²) < 4.78 is 2.18. The van der Waals surface area contributed by atoms with Crippen LogP contribution >= 0.6 is 11.6 Å². The number of halogens is 2. The smallest absolute Gasteiger partial charge is 0.271 e. The lowest BCUT2D eigenvalue weighted by molar-refractivity contribution is -0.661. The topological polar surface area (TPSA) is 26.5 Å². The largest absolute Gasteiger partial charge is 1.00 e. The van der Waals surface area contributed by atoms with Gasteiger partial charge in [-0.25, -0.2) is 9.48 Å². The van der Waals surface area contributed by atoms with Gasteiger partial charge in [-0.05, 0) is 44.0 Å². The van der Waals surface area contributed by atoms with E-state index in [1.165, 1.54) is 17.8 Å². The molecular weight excluding hydrogens is 400 g/mol. The number of nitrogens with zero attached hydrogens (tertiary/aromatic N) is 2. The second-order valence-electron chi connectivity index (χ2n) is 6.77. The first-order valence-electron chi connectivity index (χ1n) is 8.54. The van der Waals surface area contributed by atoms with Crippen LogP contribution in [0.3, 0.4) is 0 Å². The SMILES string of the molecule is Cc1ccc(N2CC(O)(c3ccc(Cl)cc3)[N+]3=C2CCCC3)cc1.[Br-]. The lowest BCUT2D eigenvalue weighted by atomic mass is 10.0. The van der Waals surface area contributed by atoms with Crippen LogP contribution in [0.2, 0.25) is 5.02 Å². The van der Waals surface area contributed by atoms with Gasteiger partial charge in [0.15, 0.2) is 6.54 Å². The fourth-order valence-corrected chi connectivity index (χ4v) is 3.95. The zero-order valence-electron chi connectivity index (χ0n) is 14.3. The number of aliphatic hydroxyl groups is 1. The first kappa shape index (κ1) is 18.4. The Labute approximate surface area is 164 Å². The second-order valence-corrected chi connectivity index (χ2v) is 7.21. The van der Waals surface area contributed by atoms with Crippen LogP contribution in [0.25, 0.3) is 0 Å². The van der Waals surface area contributed by atoms with Gasteiger partial charge in [-0.2, -0.15) is 0 Å². The van der Waals surface area contributed by atoms with Gasteiger partial charge in [-0.1, -0.05) is 41.4 Å². The molecule has 0 aromatic heterocycles. The first-order valence-corrected chi connectivity index (χ1v) is 8.92. The zero-order chi connectivity index (χ0) is 16.7. The summed E-state index contributed by atoms with van der Waals surface area (Å²) in [7, 11) is 0. The minimum atomic E-state index is -0.995. The van der Waals surface area contributed by atoms with E-state index in [9.17, 15) is 5.11 Å². The van der Waals surface area contributed by atoms with Gasteiger partial charge in [-0.15, -0.1) is 0 Å². The van der Waals surface area contributed by atoms with Crippen molar-refractivity contribution in [2.45, 2.75) is 31.9 Å². The standard InChI is InChI=1S/C20H22ClN2O.BrH/c1-15-5-11-18(12-6-15)22-14-20(24,16-7-9-17(21)10-8-16)23-13-3-2-4-19(22)23;/h5-12,24H,2-4,13-14H2,1H3;1H/q+1;/p-1. The van der Waals surface area contributed by atoms with Crippen molar-refractivity contribution in [2.75, 3.05) is 18.0 Å². The van der Waals surface area contributed by atoms with Gasteiger partial charge in [0.1, 0.15) is 5.69 Å². The van der Waals surface area contributed by atoms with E-state index < -0.39 is 5.72 Å². The monoisotopic (exact) mass is 420 g/mol. The van der Waals surface area contributed by atoms with Crippen molar-refractivity contribution >= 4 is 23.1 Å². The molecule has 2 aromatic carbocycles. The van der Waals surface area contributed by atoms with E-state index >= 15 is 0 Å². The van der Waals surface area contributed by atoms with Crippen LogP contribution in [-0.2, 0) is 5.72 Å². The summed E-state index contributed by atoms with van der Waals surface area (Å²) in [6.45, 7) is 3.53. The van der Waals surface area contributed by atoms with Crippen molar-refractivity contribution in [1.29, 1.82) is 0 Å². The third-order valence-corrected chi connectivity index (χ3v) is 5.38.